The summed E-state index contributed by atoms with van der Waals surface area (Å²) in [6.45, 7) is 3.08. The Hall–Kier alpha value is -1.77. The van der Waals surface area contributed by atoms with Gasteiger partial charge in [0.25, 0.3) is 0 Å². The number of rotatable bonds is 3. The molecule has 0 bridgehead atoms. The van der Waals surface area contributed by atoms with Crippen LogP contribution in [0.5, 0.6) is 0 Å². The largest absolute Gasteiger partial charge is 0.469 e. The van der Waals surface area contributed by atoms with Crippen LogP contribution in [0.4, 0.5) is 0 Å². The Morgan fingerprint density at radius 1 is 1.47 bits per heavy atom. The first kappa shape index (κ1) is 12.3. The lowest BCUT2D eigenvalue weighted by Gasteiger charge is -2.14. The van der Waals surface area contributed by atoms with Gasteiger partial charge in [-0.25, -0.2) is 0 Å². The van der Waals surface area contributed by atoms with Gasteiger partial charge in [0.15, 0.2) is 0 Å². The number of carbonyl (C=O) groups excluding carboxylic acids is 1. The maximum Gasteiger partial charge on any atom is 0.313 e. The van der Waals surface area contributed by atoms with Crippen molar-refractivity contribution in [2.45, 2.75) is 38.6 Å². The molecule has 0 radical (unpaired) electrons. The van der Waals surface area contributed by atoms with E-state index in [2.05, 4.69) is 29.0 Å². The molecule has 0 aliphatic carbocycles. The lowest BCUT2D eigenvalue weighted by Crippen LogP contribution is -2.13. The number of benzene rings is 1. The van der Waals surface area contributed by atoms with Crippen molar-refractivity contribution in [3.8, 4) is 0 Å². The Balaban J connectivity index is 2.20. The maximum atomic E-state index is 12.0. The third-order valence-electron chi connectivity index (χ3n) is 4.13. The summed E-state index contributed by atoms with van der Waals surface area (Å²) >= 11 is 0. The van der Waals surface area contributed by atoms with Crippen LogP contribution < -0.4 is 0 Å². The molecule has 0 amide bonds. The van der Waals surface area contributed by atoms with Crippen molar-refractivity contribution < 1.29 is 9.53 Å². The fourth-order valence-electron chi connectivity index (χ4n) is 3.22. The highest BCUT2D eigenvalue weighted by Crippen LogP contribution is 2.34. The molecule has 2 heterocycles. The fraction of sp³-hybridized carbons (Fsp3) is 0.438. The van der Waals surface area contributed by atoms with Crippen LogP contribution in [-0.4, -0.2) is 17.6 Å². The predicted octanol–water partition coefficient (Wildman–Crippen LogP) is 3.25. The van der Waals surface area contributed by atoms with E-state index in [0.717, 1.165) is 24.9 Å². The van der Waals surface area contributed by atoms with E-state index >= 15 is 0 Å². The normalized spacial score (nSPS) is 15.5. The van der Waals surface area contributed by atoms with Gasteiger partial charge in [-0.1, -0.05) is 25.1 Å². The third kappa shape index (κ3) is 1.84. The second-order valence-electron chi connectivity index (χ2n) is 5.18. The fourth-order valence-corrected chi connectivity index (χ4v) is 3.22. The number of hydrogen-bond donors (Lipinski definition) is 0. The van der Waals surface area contributed by atoms with Crippen molar-refractivity contribution in [3.05, 3.63) is 35.5 Å². The van der Waals surface area contributed by atoms with Gasteiger partial charge in [-0.2, -0.15) is 0 Å². The number of ether oxygens (including phenoxy) is 1. The van der Waals surface area contributed by atoms with Crippen LogP contribution in [0.1, 0.15) is 36.8 Å². The summed E-state index contributed by atoms with van der Waals surface area (Å²) in [6, 6.07) is 6.42. The first-order chi connectivity index (χ1) is 9.26. The van der Waals surface area contributed by atoms with Crippen LogP contribution in [0.3, 0.4) is 0 Å². The lowest BCUT2D eigenvalue weighted by atomic mass is 9.94. The van der Waals surface area contributed by atoms with Crippen LogP contribution in [0, 0.1) is 0 Å². The van der Waals surface area contributed by atoms with Gasteiger partial charge in [-0.3, -0.25) is 4.79 Å². The van der Waals surface area contributed by atoms with E-state index in [0.29, 0.717) is 0 Å². The number of nitrogens with zero attached hydrogens (tertiary/aromatic N) is 1. The van der Waals surface area contributed by atoms with Crippen LogP contribution in [0.15, 0.2) is 24.4 Å². The van der Waals surface area contributed by atoms with Gasteiger partial charge in [0.05, 0.1) is 18.5 Å². The lowest BCUT2D eigenvalue weighted by molar-refractivity contribution is -0.142. The molecule has 19 heavy (non-hydrogen) atoms. The number of aryl methyl sites for hydroxylation is 2. The van der Waals surface area contributed by atoms with Gasteiger partial charge in [0.2, 0.25) is 0 Å². The van der Waals surface area contributed by atoms with Crippen molar-refractivity contribution in [1.82, 2.24) is 4.57 Å². The van der Waals surface area contributed by atoms with E-state index in [-0.39, 0.29) is 11.9 Å². The quantitative estimate of drug-likeness (QED) is 0.790. The molecule has 1 aliphatic heterocycles. The van der Waals surface area contributed by atoms with Crippen molar-refractivity contribution in [1.29, 1.82) is 0 Å². The Kier molecular flexibility index (Phi) is 3.05. The van der Waals surface area contributed by atoms with E-state index in [9.17, 15) is 4.79 Å². The number of carbonyl (C=O) groups is 1. The smallest absolute Gasteiger partial charge is 0.313 e. The number of hydrogen-bond acceptors (Lipinski definition) is 2. The summed E-state index contributed by atoms with van der Waals surface area (Å²) in [4.78, 5) is 12.0. The summed E-state index contributed by atoms with van der Waals surface area (Å²) < 4.78 is 7.25. The molecule has 2 aromatic rings. The average Bonchev–Trinajstić information content (AvgIpc) is 2.81. The molecule has 1 aromatic carbocycles. The summed E-state index contributed by atoms with van der Waals surface area (Å²) in [5, 5.41) is 1.22. The van der Waals surface area contributed by atoms with Gasteiger partial charge in [0.1, 0.15) is 0 Å². The Labute approximate surface area is 113 Å². The molecular weight excluding hydrogens is 238 g/mol. The summed E-state index contributed by atoms with van der Waals surface area (Å²) in [7, 11) is 1.47. The second-order valence-corrected chi connectivity index (χ2v) is 5.18. The van der Waals surface area contributed by atoms with E-state index in [1.54, 1.807) is 0 Å². The van der Waals surface area contributed by atoms with E-state index in [4.69, 9.17) is 4.74 Å². The first-order valence-corrected chi connectivity index (χ1v) is 6.94. The number of aromatic nitrogens is 1. The minimum Gasteiger partial charge on any atom is -0.469 e. The van der Waals surface area contributed by atoms with Gasteiger partial charge in [-0.15, -0.1) is 0 Å². The minimum absolute atomic E-state index is 0.133. The Bertz CT molecular complexity index is 627. The van der Waals surface area contributed by atoms with Crippen LogP contribution in [0.2, 0.25) is 0 Å². The van der Waals surface area contributed by atoms with E-state index in [1.807, 2.05) is 6.92 Å². The summed E-state index contributed by atoms with van der Waals surface area (Å²) in [5.74, 6) is -0.284. The average molecular weight is 257 g/mol. The molecule has 3 rings (SSSR count). The molecule has 0 spiro atoms. The molecule has 0 saturated heterocycles. The maximum absolute atomic E-state index is 12.0. The zero-order valence-electron chi connectivity index (χ0n) is 11.5. The molecule has 3 nitrogen and oxygen atoms in total. The standard InChI is InChI=1S/C16H19NO2/c1-3-12(16(18)19-2)14-10-17-9-5-7-11-6-4-8-13(14)15(11)17/h4,6,8,10,12H,3,5,7,9H2,1-2H3. The number of para-hydroxylation sites is 1. The summed E-state index contributed by atoms with van der Waals surface area (Å²) in [5.41, 5.74) is 3.83. The molecule has 3 heteroatoms. The minimum atomic E-state index is -0.151. The van der Waals surface area contributed by atoms with Crippen LogP contribution in [0.25, 0.3) is 10.9 Å². The zero-order chi connectivity index (χ0) is 13.4. The predicted molar refractivity (Wildman–Crippen MR) is 75.3 cm³/mol. The number of methoxy groups -OCH3 is 1. The highest BCUT2D eigenvalue weighted by Gasteiger charge is 2.25. The number of esters is 1. The summed E-state index contributed by atoms with van der Waals surface area (Å²) in [6.07, 6.45) is 5.24. The molecule has 0 fully saturated rings. The van der Waals surface area contributed by atoms with Crippen molar-refractivity contribution in [3.63, 3.8) is 0 Å². The Morgan fingerprint density at radius 3 is 3.05 bits per heavy atom. The van der Waals surface area contributed by atoms with Crippen LogP contribution in [-0.2, 0) is 22.5 Å². The van der Waals surface area contributed by atoms with Crippen LogP contribution >= 0.6 is 0 Å². The first-order valence-electron chi connectivity index (χ1n) is 6.94. The van der Waals surface area contributed by atoms with Gasteiger partial charge < -0.3 is 9.30 Å². The molecule has 1 aliphatic rings. The topological polar surface area (TPSA) is 31.2 Å². The molecule has 0 saturated carbocycles. The molecule has 0 N–H and O–H groups in total. The van der Waals surface area contributed by atoms with Gasteiger partial charge >= 0.3 is 5.97 Å². The molecule has 1 aromatic heterocycles. The van der Waals surface area contributed by atoms with Gasteiger partial charge in [-0.05, 0) is 30.4 Å². The highest BCUT2D eigenvalue weighted by molar-refractivity contribution is 5.92. The molecular formula is C16H19NO2. The molecule has 1 atom stereocenters. The van der Waals surface area contributed by atoms with E-state index < -0.39 is 0 Å². The second kappa shape index (κ2) is 4.72. The van der Waals surface area contributed by atoms with Crippen molar-refractivity contribution in [2.24, 2.45) is 0 Å². The zero-order valence-corrected chi connectivity index (χ0v) is 11.5. The Morgan fingerprint density at radius 2 is 2.32 bits per heavy atom. The van der Waals surface area contributed by atoms with Crippen molar-refractivity contribution in [2.75, 3.05) is 7.11 Å². The highest BCUT2D eigenvalue weighted by atomic mass is 16.5. The molecule has 1 unspecified atom stereocenters. The third-order valence-corrected chi connectivity index (χ3v) is 4.13. The van der Waals surface area contributed by atoms with Gasteiger partial charge in [0, 0.05) is 18.1 Å². The molecule has 100 valence electrons. The van der Waals surface area contributed by atoms with Crippen molar-refractivity contribution >= 4 is 16.9 Å². The SMILES string of the molecule is CCC(C(=O)OC)c1cn2c3c(cccc13)CCC2. The van der Waals surface area contributed by atoms with E-state index in [1.165, 1.54) is 30.0 Å². The monoisotopic (exact) mass is 257 g/mol.